The van der Waals surface area contributed by atoms with Crippen LogP contribution in [0.4, 0.5) is 4.39 Å². The van der Waals surface area contributed by atoms with E-state index in [2.05, 4.69) is 29.4 Å². The van der Waals surface area contributed by atoms with Crippen LogP contribution in [0.25, 0.3) is 10.9 Å². The van der Waals surface area contributed by atoms with E-state index in [4.69, 9.17) is 0 Å². The molecule has 2 aromatic carbocycles. The number of nitrogens with one attached hydrogen (secondary N) is 2. The quantitative estimate of drug-likeness (QED) is 0.749. The van der Waals surface area contributed by atoms with Gasteiger partial charge in [-0.15, -0.1) is 0 Å². The zero-order chi connectivity index (χ0) is 16.6. The van der Waals surface area contributed by atoms with Crippen LogP contribution in [-0.2, 0) is 6.54 Å². The number of hydrogen-bond acceptors (Lipinski definition) is 1. The molecule has 2 N–H and O–H groups in total. The van der Waals surface area contributed by atoms with E-state index in [1.165, 1.54) is 28.8 Å². The van der Waals surface area contributed by atoms with Crippen molar-refractivity contribution in [2.24, 2.45) is 0 Å². The Kier molecular flexibility index (Phi) is 3.90. The number of carbonyl (C=O) groups excluding carboxylic acids is 1. The molecule has 3 rings (SSSR count). The van der Waals surface area contributed by atoms with Crippen LogP contribution < -0.4 is 5.32 Å². The lowest BCUT2D eigenvalue weighted by molar-refractivity contribution is 0.0946. The summed E-state index contributed by atoms with van der Waals surface area (Å²) in [5, 5.41) is 3.62. The van der Waals surface area contributed by atoms with Crippen LogP contribution in [0.15, 0.2) is 36.4 Å². The molecule has 0 bridgehead atoms. The summed E-state index contributed by atoms with van der Waals surface area (Å²) in [6.07, 6.45) is 0. The molecule has 0 radical (unpaired) electrons. The minimum Gasteiger partial charge on any atom is -0.351 e. The van der Waals surface area contributed by atoms with Gasteiger partial charge in [-0.1, -0.05) is 17.7 Å². The van der Waals surface area contributed by atoms with Crippen molar-refractivity contribution in [3.8, 4) is 0 Å². The summed E-state index contributed by atoms with van der Waals surface area (Å²) in [5.41, 5.74) is 5.87. The van der Waals surface area contributed by atoms with Gasteiger partial charge in [-0.05, 0) is 61.7 Å². The molecule has 1 aromatic heterocycles. The molecule has 1 amide bonds. The molecule has 118 valence electrons. The molecule has 0 fully saturated rings. The number of fused-ring (bicyclic) bond motifs is 1. The van der Waals surface area contributed by atoms with Gasteiger partial charge in [0.15, 0.2) is 0 Å². The second-order valence-electron chi connectivity index (χ2n) is 5.97. The average molecular weight is 310 g/mol. The Morgan fingerprint density at radius 1 is 1.09 bits per heavy atom. The van der Waals surface area contributed by atoms with Gasteiger partial charge in [0.25, 0.3) is 5.91 Å². The van der Waals surface area contributed by atoms with E-state index < -0.39 is 0 Å². The zero-order valence-corrected chi connectivity index (χ0v) is 13.5. The van der Waals surface area contributed by atoms with Gasteiger partial charge in [-0.2, -0.15) is 0 Å². The largest absolute Gasteiger partial charge is 0.351 e. The van der Waals surface area contributed by atoms with E-state index in [0.717, 1.165) is 11.1 Å². The van der Waals surface area contributed by atoms with Crippen molar-refractivity contribution < 1.29 is 9.18 Å². The first-order chi connectivity index (χ1) is 10.9. The Balaban J connectivity index is 1.79. The second-order valence-corrected chi connectivity index (χ2v) is 5.97. The van der Waals surface area contributed by atoms with E-state index >= 15 is 0 Å². The second kappa shape index (κ2) is 5.88. The van der Waals surface area contributed by atoms with Gasteiger partial charge in [0.05, 0.1) is 0 Å². The van der Waals surface area contributed by atoms with Gasteiger partial charge in [-0.25, -0.2) is 4.39 Å². The van der Waals surface area contributed by atoms with Gasteiger partial charge < -0.3 is 10.3 Å². The number of rotatable bonds is 3. The Bertz CT molecular complexity index is 873. The highest BCUT2D eigenvalue weighted by Gasteiger charge is 2.11. The van der Waals surface area contributed by atoms with E-state index in [1.807, 2.05) is 13.8 Å². The summed E-state index contributed by atoms with van der Waals surface area (Å²) in [6.45, 7) is 6.63. The van der Waals surface area contributed by atoms with Gasteiger partial charge >= 0.3 is 0 Å². The van der Waals surface area contributed by atoms with E-state index in [0.29, 0.717) is 17.6 Å². The lowest BCUT2D eigenvalue weighted by atomic mass is 10.00. The number of halogens is 1. The summed E-state index contributed by atoms with van der Waals surface area (Å²) in [5.74, 6) is -0.504. The number of amides is 1. The molecule has 3 aromatic rings. The minimum atomic E-state index is -0.311. The van der Waals surface area contributed by atoms with Crippen molar-refractivity contribution in [3.05, 3.63) is 70.2 Å². The van der Waals surface area contributed by atoms with E-state index in [-0.39, 0.29) is 11.7 Å². The Morgan fingerprint density at radius 3 is 2.48 bits per heavy atom. The normalized spacial score (nSPS) is 11.0. The van der Waals surface area contributed by atoms with Crippen molar-refractivity contribution in [1.82, 2.24) is 10.3 Å². The lowest BCUT2D eigenvalue weighted by Crippen LogP contribution is -2.24. The molecule has 23 heavy (non-hydrogen) atoms. The summed E-state index contributed by atoms with van der Waals surface area (Å²) in [6, 6.07) is 10.3. The van der Waals surface area contributed by atoms with Crippen LogP contribution in [0.3, 0.4) is 0 Å². The van der Waals surface area contributed by atoms with Crippen molar-refractivity contribution in [2.75, 3.05) is 0 Å². The summed E-state index contributed by atoms with van der Waals surface area (Å²) in [7, 11) is 0. The van der Waals surface area contributed by atoms with Crippen molar-refractivity contribution in [3.63, 3.8) is 0 Å². The summed E-state index contributed by atoms with van der Waals surface area (Å²) in [4.78, 5) is 15.3. The van der Waals surface area contributed by atoms with Crippen molar-refractivity contribution in [1.29, 1.82) is 0 Å². The van der Waals surface area contributed by atoms with Gasteiger partial charge in [0.1, 0.15) is 11.5 Å². The predicted octanol–water partition coefficient (Wildman–Crippen LogP) is 4.16. The average Bonchev–Trinajstić information content (AvgIpc) is 2.88. The fourth-order valence-corrected chi connectivity index (χ4v) is 2.98. The van der Waals surface area contributed by atoms with Crippen molar-refractivity contribution in [2.45, 2.75) is 27.3 Å². The molecule has 0 atom stereocenters. The number of H-pyrrole nitrogens is 1. The maximum Gasteiger partial charge on any atom is 0.267 e. The Hall–Kier alpha value is -2.62. The van der Waals surface area contributed by atoms with Gasteiger partial charge in [-0.3, -0.25) is 4.79 Å². The molecule has 0 spiro atoms. The topological polar surface area (TPSA) is 44.9 Å². The zero-order valence-electron chi connectivity index (χ0n) is 13.5. The van der Waals surface area contributed by atoms with E-state index in [9.17, 15) is 9.18 Å². The Morgan fingerprint density at radius 2 is 1.78 bits per heavy atom. The third kappa shape index (κ3) is 3.11. The van der Waals surface area contributed by atoms with Crippen LogP contribution in [0.5, 0.6) is 0 Å². The molecule has 4 heteroatoms. The standard InChI is InChI=1S/C19H19FN2O/c1-11-6-12(2)16(13(3)7-11)10-21-19(23)18-9-14-8-15(20)4-5-17(14)22-18/h4-9,22H,10H2,1-3H3,(H,21,23). The molecule has 0 aliphatic carbocycles. The first-order valence-corrected chi connectivity index (χ1v) is 7.57. The number of hydrogen-bond donors (Lipinski definition) is 2. The smallest absolute Gasteiger partial charge is 0.267 e. The fraction of sp³-hybridized carbons (Fsp3) is 0.211. The fourth-order valence-electron chi connectivity index (χ4n) is 2.98. The SMILES string of the molecule is Cc1cc(C)c(CNC(=O)c2cc3cc(F)ccc3[nH]2)c(C)c1. The Labute approximate surface area is 134 Å². The third-order valence-corrected chi connectivity index (χ3v) is 4.09. The third-order valence-electron chi connectivity index (χ3n) is 4.09. The first-order valence-electron chi connectivity index (χ1n) is 7.57. The number of benzene rings is 2. The molecule has 1 heterocycles. The maximum atomic E-state index is 13.2. The van der Waals surface area contributed by atoms with Gasteiger partial charge in [0, 0.05) is 17.4 Å². The van der Waals surface area contributed by atoms with E-state index in [1.54, 1.807) is 12.1 Å². The highest BCUT2D eigenvalue weighted by atomic mass is 19.1. The molecule has 0 unspecified atom stereocenters. The van der Waals surface area contributed by atoms with Crippen LogP contribution in [0.1, 0.15) is 32.7 Å². The predicted molar refractivity (Wildman–Crippen MR) is 90.1 cm³/mol. The number of carbonyl (C=O) groups is 1. The molecule has 0 saturated carbocycles. The summed E-state index contributed by atoms with van der Waals surface area (Å²) >= 11 is 0. The highest BCUT2D eigenvalue weighted by Crippen LogP contribution is 2.18. The lowest BCUT2D eigenvalue weighted by Gasteiger charge is -2.12. The van der Waals surface area contributed by atoms with Crippen LogP contribution >= 0.6 is 0 Å². The molecule has 0 aliphatic rings. The molecular formula is C19H19FN2O. The van der Waals surface area contributed by atoms with Crippen LogP contribution in [0, 0.1) is 26.6 Å². The number of aromatic amines is 1. The minimum absolute atomic E-state index is 0.194. The van der Waals surface area contributed by atoms with Crippen LogP contribution in [0.2, 0.25) is 0 Å². The molecule has 3 nitrogen and oxygen atoms in total. The number of aryl methyl sites for hydroxylation is 3. The van der Waals surface area contributed by atoms with Gasteiger partial charge in [0.2, 0.25) is 0 Å². The van der Waals surface area contributed by atoms with Crippen molar-refractivity contribution >= 4 is 16.8 Å². The molecule has 0 saturated heterocycles. The highest BCUT2D eigenvalue weighted by molar-refractivity contribution is 5.98. The number of aromatic nitrogens is 1. The molecule has 0 aliphatic heterocycles. The maximum absolute atomic E-state index is 13.2. The van der Waals surface area contributed by atoms with Crippen LogP contribution in [-0.4, -0.2) is 10.9 Å². The monoisotopic (exact) mass is 310 g/mol. The first kappa shape index (κ1) is 15.3. The summed E-state index contributed by atoms with van der Waals surface area (Å²) < 4.78 is 13.2. The molecular weight excluding hydrogens is 291 g/mol.